The first-order valence-electron chi connectivity index (χ1n) is 9.80. The first-order chi connectivity index (χ1) is 14.4. The summed E-state index contributed by atoms with van der Waals surface area (Å²) in [7, 11) is -3.62. The monoisotopic (exact) mass is 435 g/mol. The SMILES string of the molecule is Cc1ccc(NCC(=O)NCCc2ccc(F)cc2)cc1S(=O)(=O)N1CCOCC1. The lowest BCUT2D eigenvalue weighted by Crippen LogP contribution is -2.40. The number of hydrogen-bond acceptors (Lipinski definition) is 5. The Labute approximate surface area is 176 Å². The second-order valence-electron chi connectivity index (χ2n) is 7.08. The van der Waals surface area contributed by atoms with Gasteiger partial charge in [-0.25, -0.2) is 12.8 Å². The standard InChI is InChI=1S/C21H26FN3O4S/c1-16-2-7-19(14-20(16)30(27,28)25-10-12-29-13-11-25)24-15-21(26)23-9-8-17-3-5-18(22)6-4-17/h2-7,14,24H,8-13,15H2,1H3,(H,23,26). The summed E-state index contributed by atoms with van der Waals surface area (Å²) >= 11 is 0. The molecule has 0 spiro atoms. The van der Waals surface area contributed by atoms with Crippen LogP contribution in [-0.4, -0.2) is 58.0 Å². The van der Waals surface area contributed by atoms with E-state index in [1.807, 2.05) is 0 Å². The number of benzene rings is 2. The summed E-state index contributed by atoms with van der Waals surface area (Å²) in [6.07, 6.45) is 0.596. The van der Waals surface area contributed by atoms with Gasteiger partial charge >= 0.3 is 0 Å². The van der Waals surface area contributed by atoms with E-state index in [-0.39, 0.29) is 23.2 Å². The number of halogens is 1. The van der Waals surface area contributed by atoms with Gasteiger partial charge in [0.05, 0.1) is 24.7 Å². The summed E-state index contributed by atoms with van der Waals surface area (Å²) in [6, 6.07) is 11.2. The molecule has 3 rings (SSSR count). The molecule has 2 N–H and O–H groups in total. The number of ether oxygens (including phenoxy) is 1. The van der Waals surface area contributed by atoms with Gasteiger partial charge in [0, 0.05) is 25.3 Å². The molecule has 1 aliphatic rings. The smallest absolute Gasteiger partial charge is 0.243 e. The molecule has 2 aromatic carbocycles. The molecule has 0 radical (unpaired) electrons. The Kier molecular flexibility index (Phi) is 7.41. The Bertz CT molecular complexity index is 974. The molecule has 30 heavy (non-hydrogen) atoms. The van der Waals surface area contributed by atoms with Crippen molar-refractivity contribution < 1.29 is 22.3 Å². The fourth-order valence-corrected chi connectivity index (χ4v) is 4.81. The second-order valence-corrected chi connectivity index (χ2v) is 8.98. The van der Waals surface area contributed by atoms with Crippen LogP contribution in [0.15, 0.2) is 47.4 Å². The maximum Gasteiger partial charge on any atom is 0.243 e. The van der Waals surface area contributed by atoms with Gasteiger partial charge in [-0.15, -0.1) is 0 Å². The normalized spacial score (nSPS) is 15.0. The third-order valence-corrected chi connectivity index (χ3v) is 6.92. The zero-order valence-electron chi connectivity index (χ0n) is 16.9. The summed E-state index contributed by atoms with van der Waals surface area (Å²) < 4.78 is 45.4. The quantitative estimate of drug-likeness (QED) is 0.662. The number of anilines is 1. The highest BCUT2D eigenvalue weighted by Crippen LogP contribution is 2.24. The molecule has 2 aromatic rings. The number of carbonyl (C=O) groups excluding carboxylic acids is 1. The van der Waals surface area contributed by atoms with E-state index in [0.717, 1.165) is 5.56 Å². The van der Waals surface area contributed by atoms with E-state index in [0.29, 0.717) is 50.5 Å². The molecule has 1 heterocycles. The molecule has 162 valence electrons. The zero-order valence-corrected chi connectivity index (χ0v) is 17.7. The van der Waals surface area contributed by atoms with Crippen LogP contribution >= 0.6 is 0 Å². The maximum atomic E-state index is 12.9. The number of nitrogens with zero attached hydrogens (tertiary/aromatic N) is 1. The molecule has 1 saturated heterocycles. The Morgan fingerprint density at radius 1 is 1.13 bits per heavy atom. The molecule has 0 atom stereocenters. The highest BCUT2D eigenvalue weighted by atomic mass is 32.2. The number of hydrogen-bond donors (Lipinski definition) is 2. The lowest BCUT2D eigenvalue weighted by Gasteiger charge is -2.27. The van der Waals surface area contributed by atoms with Gasteiger partial charge in [-0.3, -0.25) is 4.79 Å². The van der Waals surface area contributed by atoms with Gasteiger partial charge in [-0.05, 0) is 48.7 Å². The molecule has 1 fully saturated rings. The van der Waals surface area contributed by atoms with Gasteiger partial charge in [0.1, 0.15) is 5.82 Å². The minimum atomic E-state index is -3.62. The average Bonchev–Trinajstić information content (AvgIpc) is 2.75. The molecule has 0 saturated carbocycles. The van der Waals surface area contributed by atoms with Crippen LogP contribution in [0.25, 0.3) is 0 Å². The minimum absolute atomic E-state index is 0.0174. The van der Waals surface area contributed by atoms with Crippen LogP contribution in [0.3, 0.4) is 0 Å². The van der Waals surface area contributed by atoms with Gasteiger partial charge in [0.25, 0.3) is 0 Å². The summed E-state index contributed by atoms with van der Waals surface area (Å²) in [5.41, 5.74) is 2.14. The van der Waals surface area contributed by atoms with E-state index >= 15 is 0 Å². The Morgan fingerprint density at radius 2 is 1.83 bits per heavy atom. The predicted molar refractivity (Wildman–Crippen MR) is 112 cm³/mol. The van der Waals surface area contributed by atoms with Crippen molar-refractivity contribution in [3.63, 3.8) is 0 Å². The lowest BCUT2D eigenvalue weighted by atomic mass is 10.1. The van der Waals surface area contributed by atoms with Crippen LogP contribution in [0.4, 0.5) is 10.1 Å². The largest absolute Gasteiger partial charge is 0.379 e. The Morgan fingerprint density at radius 3 is 2.53 bits per heavy atom. The van der Waals surface area contributed by atoms with Crippen molar-refractivity contribution in [2.45, 2.75) is 18.2 Å². The van der Waals surface area contributed by atoms with E-state index in [1.54, 1.807) is 37.3 Å². The number of carbonyl (C=O) groups is 1. The number of amides is 1. The number of morpholine rings is 1. The molecule has 0 aliphatic carbocycles. The summed E-state index contributed by atoms with van der Waals surface area (Å²) in [5.74, 6) is -0.504. The molecule has 9 heteroatoms. The zero-order chi connectivity index (χ0) is 21.6. The van der Waals surface area contributed by atoms with E-state index in [2.05, 4.69) is 10.6 Å². The number of sulfonamides is 1. The van der Waals surface area contributed by atoms with Crippen molar-refractivity contribution in [1.29, 1.82) is 0 Å². The molecule has 0 bridgehead atoms. The van der Waals surface area contributed by atoms with Gasteiger partial charge < -0.3 is 15.4 Å². The van der Waals surface area contributed by atoms with Crippen molar-refractivity contribution in [3.8, 4) is 0 Å². The summed E-state index contributed by atoms with van der Waals surface area (Å²) in [6.45, 7) is 3.62. The van der Waals surface area contributed by atoms with Crippen LogP contribution in [0.5, 0.6) is 0 Å². The van der Waals surface area contributed by atoms with Gasteiger partial charge in [0.2, 0.25) is 15.9 Å². The Hall–Kier alpha value is -2.49. The van der Waals surface area contributed by atoms with Gasteiger partial charge in [0.15, 0.2) is 0 Å². The van der Waals surface area contributed by atoms with Crippen molar-refractivity contribution >= 4 is 21.6 Å². The van der Waals surface area contributed by atoms with Crippen LogP contribution in [0, 0.1) is 12.7 Å². The molecular formula is C21H26FN3O4S. The van der Waals surface area contributed by atoms with Crippen LogP contribution < -0.4 is 10.6 Å². The highest BCUT2D eigenvalue weighted by molar-refractivity contribution is 7.89. The number of rotatable bonds is 8. The number of nitrogens with one attached hydrogen (secondary N) is 2. The van der Waals surface area contributed by atoms with Crippen LogP contribution in [0.1, 0.15) is 11.1 Å². The van der Waals surface area contributed by atoms with E-state index < -0.39 is 10.0 Å². The van der Waals surface area contributed by atoms with E-state index in [9.17, 15) is 17.6 Å². The van der Waals surface area contributed by atoms with Crippen molar-refractivity contribution in [3.05, 3.63) is 59.4 Å². The van der Waals surface area contributed by atoms with Crippen LogP contribution in [-0.2, 0) is 26.0 Å². The topological polar surface area (TPSA) is 87.7 Å². The van der Waals surface area contributed by atoms with Crippen molar-refractivity contribution in [1.82, 2.24) is 9.62 Å². The lowest BCUT2D eigenvalue weighted by molar-refractivity contribution is -0.119. The summed E-state index contributed by atoms with van der Waals surface area (Å²) in [4.78, 5) is 12.3. The number of aryl methyl sites for hydroxylation is 1. The Balaban J connectivity index is 1.54. The van der Waals surface area contributed by atoms with E-state index in [4.69, 9.17) is 4.74 Å². The molecule has 1 amide bonds. The molecule has 0 unspecified atom stereocenters. The molecule has 7 nitrogen and oxygen atoms in total. The maximum absolute atomic E-state index is 12.9. The predicted octanol–water partition coefficient (Wildman–Crippen LogP) is 1.93. The highest BCUT2D eigenvalue weighted by Gasteiger charge is 2.27. The first kappa shape index (κ1) is 22.2. The first-order valence-corrected chi connectivity index (χ1v) is 11.2. The van der Waals surface area contributed by atoms with Gasteiger partial charge in [-0.2, -0.15) is 4.31 Å². The van der Waals surface area contributed by atoms with E-state index in [1.165, 1.54) is 16.4 Å². The minimum Gasteiger partial charge on any atom is -0.379 e. The molecular weight excluding hydrogens is 409 g/mol. The van der Waals surface area contributed by atoms with Crippen molar-refractivity contribution in [2.75, 3.05) is 44.7 Å². The van der Waals surface area contributed by atoms with Crippen molar-refractivity contribution in [2.24, 2.45) is 0 Å². The fraction of sp³-hybridized carbons (Fsp3) is 0.381. The average molecular weight is 436 g/mol. The third kappa shape index (κ3) is 5.78. The fourth-order valence-electron chi connectivity index (χ4n) is 3.16. The van der Waals surface area contributed by atoms with Gasteiger partial charge in [-0.1, -0.05) is 18.2 Å². The molecule has 0 aromatic heterocycles. The summed E-state index contributed by atoms with van der Waals surface area (Å²) in [5, 5.41) is 5.76. The van der Waals surface area contributed by atoms with Crippen LogP contribution in [0.2, 0.25) is 0 Å². The second kappa shape index (κ2) is 10.0. The molecule has 1 aliphatic heterocycles. The third-order valence-electron chi connectivity index (χ3n) is 4.88.